The van der Waals surface area contributed by atoms with Gasteiger partial charge in [-0.2, -0.15) is 0 Å². The van der Waals surface area contributed by atoms with E-state index in [1.54, 1.807) is 0 Å². The molecule has 1 atom stereocenters. The summed E-state index contributed by atoms with van der Waals surface area (Å²) in [5.41, 5.74) is 0.628. The van der Waals surface area contributed by atoms with Gasteiger partial charge in [-0.15, -0.1) is 0 Å². The molecule has 0 saturated heterocycles. The van der Waals surface area contributed by atoms with Crippen LogP contribution in [0, 0.1) is 10.1 Å². The summed E-state index contributed by atoms with van der Waals surface area (Å²) in [6, 6.07) is 10.4. The van der Waals surface area contributed by atoms with E-state index in [1.807, 2.05) is 0 Å². The van der Waals surface area contributed by atoms with E-state index >= 15 is 0 Å². The Kier molecular flexibility index (Phi) is 6.21. The minimum Gasteiger partial charge on any atom is -0.465 e. The molecule has 2 amide bonds. The monoisotopic (exact) mass is 371 g/mol. The van der Waals surface area contributed by atoms with Crippen LogP contribution in [0.2, 0.25) is 0 Å². The number of nitrogens with one attached hydrogen (secondary N) is 2. The van der Waals surface area contributed by atoms with E-state index in [-0.39, 0.29) is 11.3 Å². The fraction of sp³-hybridized carbons (Fsp3) is 0.167. The number of non-ortho nitro benzene ring substituents is 1. The van der Waals surface area contributed by atoms with Crippen LogP contribution >= 0.6 is 0 Å². The maximum atomic E-state index is 12.2. The zero-order valence-electron chi connectivity index (χ0n) is 14.6. The Bertz CT molecular complexity index is 879. The van der Waals surface area contributed by atoms with Gasteiger partial charge in [-0.25, -0.2) is 4.79 Å². The van der Waals surface area contributed by atoms with Crippen LogP contribution in [0.25, 0.3) is 0 Å². The first-order valence-electron chi connectivity index (χ1n) is 7.86. The van der Waals surface area contributed by atoms with Crippen molar-refractivity contribution in [2.45, 2.75) is 13.0 Å². The Morgan fingerprint density at radius 2 is 1.74 bits per heavy atom. The maximum absolute atomic E-state index is 12.2. The molecular weight excluding hydrogens is 354 g/mol. The second-order valence-corrected chi connectivity index (χ2v) is 5.56. The summed E-state index contributed by atoms with van der Waals surface area (Å²) >= 11 is 0. The molecule has 0 heterocycles. The molecule has 2 N–H and O–H groups in total. The summed E-state index contributed by atoms with van der Waals surface area (Å²) < 4.78 is 4.59. The lowest BCUT2D eigenvalue weighted by Gasteiger charge is -2.14. The van der Waals surface area contributed by atoms with Crippen molar-refractivity contribution in [3.63, 3.8) is 0 Å². The first-order valence-corrected chi connectivity index (χ1v) is 7.86. The van der Waals surface area contributed by atoms with Gasteiger partial charge in [-0.1, -0.05) is 6.07 Å². The van der Waals surface area contributed by atoms with Crippen molar-refractivity contribution in [1.29, 1.82) is 0 Å². The molecule has 9 nitrogen and oxygen atoms in total. The molecular formula is C18H17N3O6. The lowest BCUT2D eigenvalue weighted by atomic mass is 10.1. The quantitative estimate of drug-likeness (QED) is 0.455. The molecule has 0 bridgehead atoms. The molecule has 140 valence electrons. The predicted octanol–water partition coefficient (Wildman–Crippen LogP) is 2.14. The van der Waals surface area contributed by atoms with Crippen molar-refractivity contribution in [3.8, 4) is 0 Å². The number of amides is 2. The van der Waals surface area contributed by atoms with Crippen LogP contribution in [0.5, 0.6) is 0 Å². The number of nitrogens with zero attached hydrogens (tertiary/aromatic N) is 1. The van der Waals surface area contributed by atoms with Crippen LogP contribution in [0.3, 0.4) is 0 Å². The third-order valence-corrected chi connectivity index (χ3v) is 3.63. The van der Waals surface area contributed by atoms with Gasteiger partial charge in [-0.05, 0) is 37.3 Å². The van der Waals surface area contributed by atoms with E-state index < -0.39 is 28.7 Å². The number of esters is 1. The summed E-state index contributed by atoms with van der Waals surface area (Å²) in [4.78, 5) is 45.9. The standard InChI is InChI=1S/C18H17N3O6/c1-11(19-17(23)13-4-3-5-15(10-13)21(25)26)16(22)20-14-8-6-12(7-9-14)18(24)27-2/h3-11H,1-2H3,(H,19,23)(H,20,22)/t11-/m0/s1. The largest absolute Gasteiger partial charge is 0.465 e. The third-order valence-electron chi connectivity index (χ3n) is 3.63. The van der Waals surface area contributed by atoms with E-state index in [4.69, 9.17) is 0 Å². The number of methoxy groups -OCH3 is 1. The second-order valence-electron chi connectivity index (χ2n) is 5.56. The van der Waals surface area contributed by atoms with Gasteiger partial charge in [-0.3, -0.25) is 19.7 Å². The van der Waals surface area contributed by atoms with Crippen molar-refractivity contribution < 1.29 is 24.0 Å². The second kappa shape index (κ2) is 8.56. The normalized spacial score (nSPS) is 11.2. The Morgan fingerprint density at radius 1 is 1.07 bits per heavy atom. The number of anilines is 1. The summed E-state index contributed by atoms with van der Waals surface area (Å²) in [5, 5.41) is 15.8. The highest BCUT2D eigenvalue weighted by molar-refractivity contribution is 6.01. The van der Waals surface area contributed by atoms with E-state index in [9.17, 15) is 24.5 Å². The van der Waals surface area contributed by atoms with Crippen molar-refractivity contribution in [2.75, 3.05) is 12.4 Å². The fourth-order valence-electron chi connectivity index (χ4n) is 2.16. The fourth-order valence-corrected chi connectivity index (χ4v) is 2.16. The number of nitro groups is 1. The maximum Gasteiger partial charge on any atom is 0.337 e. The summed E-state index contributed by atoms with van der Waals surface area (Å²) in [6.07, 6.45) is 0. The minimum atomic E-state index is -0.892. The molecule has 0 fully saturated rings. The van der Waals surface area contributed by atoms with E-state index in [2.05, 4.69) is 15.4 Å². The predicted molar refractivity (Wildman–Crippen MR) is 96.4 cm³/mol. The molecule has 27 heavy (non-hydrogen) atoms. The SMILES string of the molecule is COC(=O)c1ccc(NC(=O)[C@H](C)NC(=O)c2cccc([N+](=O)[O-])c2)cc1. The van der Waals surface area contributed by atoms with Gasteiger partial charge >= 0.3 is 5.97 Å². The van der Waals surface area contributed by atoms with Crippen molar-refractivity contribution in [2.24, 2.45) is 0 Å². The van der Waals surface area contributed by atoms with Crippen LogP contribution in [-0.2, 0) is 9.53 Å². The average molecular weight is 371 g/mol. The number of rotatable bonds is 6. The number of carbonyl (C=O) groups excluding carboxylic acids is 3. The van der Waals surface area contributed by atoms with Gasteiger partial charge in [0, 0.05) is 23.4 Å². The zero-order valence-corrected chi connectivity index (χ0v) is 14.6. The van der Waals surface area contributed by atoms with Crippen LogP contribution in [0.1, 0.15) is 27.6 Å². The minimum absolute atomic E-state index is 0.0753. The van der Waals surface area contributed by atoms with Crippen LogP contribution < -0.4 is 10.6 Å². The molecule has 9 heteroatoms. The molecule has 2 rings (SSSR count). The van der Waals surface area contributed by atoms with Crippen LogP contribution in [-0.4, -0.2) is 35.9 Å². The van der Waals surface area contributed by atoms with Crippen LogP contribution in [0.15, 0.2) is 48.5 Å². The molecule has 2 aromatic carbocycles. The lowest BCUT2D eigenvalue weighted by Crippen LogP contribution is -2.41. The summed E-state index contributed by atoms with van der Waals surface area (Å²) in [7, 11) is 1.27. The highest BCUT2D eigenvalue weighted by Gasteiger charge is 2.18. The molecule has 0 unspecified atom stereocenters. The first kappa shape index (κ1) is 19.6. The van der Waals surface area contributed by atoms with Crippen LogP contribution in [0.4, 0.5) is 11.4 Å². The topological polar surface area (TPSA) is 128 Å². The molecule has 0 spiro atoms. The molecule has 2 aromatic rings. The number of carbonyl (C=O) groups is 3. The van der Waals surface area contributed by atoms with Gasteiger partial charge in [0.15, 0.2) is 0 Å². The molecule has 0 aliphatic rings. The number of hydrogen-bond donors (Lipinski definition) is 2. The molecule has 0 aromatic heterocycles. The van der Waals surface area contributed by atoms with E-state index in [1.165, 1.54) is 56.5 Å². The number of hydrogen-bond acceptors (Lipinski definition) is 6. The zero-order chi connectivity index (χ0) is 20.0. The molecule has 0 aliphatic heterocycles. The van der Waals surface area contributed by atoms with Crippen molar-refractivity contribution in [3.05, 3.63) is 69.8 Å². The Morgan fingerprint density at radius 3 is 2.33 bits per heavy atom. The Balaban J connectivity index is 1.99. The Labute approximate surface area is 154 Å². The molecule has 0 saturated carbocycles. The van der Waals surface area contributed by atoms with Gasteiger partial charge < -0.3 is 15.4 Å². The third kappa shape index (κ3) is 5.11. The average Bonchev–Trinajstić information content (AvgIpc) is 2.67. The van der Waals surface area contributed by atoms with Crippen molar-refractivity contribution in [1.82, 2.24) is 5.32 Å². The highest BCUT2D eigenvalue weighted by atomic mass is 16.6. The number of ether oxygens (including phenoxy) is 1. The summed E-state index contributed by atoms with van der Waals surface area (Å²) in [5.74, 6) is -1.59. The van der Waals surface area contributed by atoms with Gasteiger partial charge in [0.2, 0.25) is 5.91 Å². The number of nitro benzene ring substituents is 1. The van der Waals surface area contributed by atoms with Crippen molar-refractivity contribution >= 4 is 29.2 Å². The highest BCUT2D eigenvalue weighted by Crippen LogP contribution is 2.14. The number of benzene rings is 2. The van der Waals surface area contributed by atoms with Gasteiger partial charge in [0.1, 0.15) is 6.04 Å². The Hall–Kier alpha value is -3.75. The molecule has 0 radical (unpaired) electrons. The first-order chi connectivity index (χ1) is 12.8. The summed E-state index contributed by atoms with van der Waals surface area (Å²) in [6.45, 7) is 1.48. The van der Waals surface area contributed by atoms with Gasteiger partial charge in [0.25, 0.3) is 11.6 Å². The van der Waals surface area contributed by atoms with E-state index in [0.717, 1.165) is 6.07 Å². The smallest absolute Gasteiger partial charge is 0.337 e. The molecule has 0 aliphatic carbocycles. The lowest BCUT2D eigenvalue weighted by molar-refractivity contribution is -0.384. The van der Waals surface area contributed by atoms with E-state index in [0.29, 0.717) is 11.3 Å². The van der Waals surface area contributed by atoms with Gasteiger partial charge in [0.05, 0.1) is 17.6 Å².